The van der Waals surface area contributed by atoms with E-state index in [1.54, 1.807) is 6.92 Å². The van der Waals surface area contributed by atoms with Gasteiger partial charge in [0, 0.05) is 19.6 Å². The Kier molecular flexibility index (Phi) is 4.42. The lowest BCUT2D eigenvalue weighted by molar-refractivity contribution is -0.142. The van der Waals surface area contributed by atoms with Gasteiger partial charge in [-0.3, -0.25) is 4.79 Å². The Morgan fingerprint density at radius 1 is 1.35 bits per heavy atom. The quantitative estimate of drug-likeness (QED) is 0.836. The number of rotatable bonds is 5. The van der Waals surface area contributed by atoms with Gasteiger partial charge in [0.1, 0.15) is 0 Å². The number of benzene rings is 1. The summed E-state index contributed by atoms with van der Waals surface area (Å²) >= 11 is 0. The Balaban J connectivity index is 1.99. The predicted octanol–water partition coefficient (Wildman–Crippen LogP) is 0.673. The van der Waals surface area contributed by atoms with Crippen LogP contribution in [0.1, 0.15) is 12.5 Å². The van der Waals surface area contributed by atoms with Gasteiger partial charge in [0.05, 0.1) is 5.92 Å². The summed E-state index contributed by atoms with van der Waals surface area (Å²) in [6.45, 7) is 2.22. The van der Waals surface area contributed by atoms with E-state index in [0.29, 0.717) is 0 Å². The lowest BCUT2D eigenvalue weighted by Gasteiger charge is -2.16. The topological polar surface area (TPSA) is 86.7 Å². The molecule has 0 saturated carbocycles. The van der Waals surface area contributed by atoms with Crippen molar-refractivity contribution < 1.29 is 18.3 Å². The van der Waals surface area contributed by atoms with Gasteiger partial charge in [-0.05, 0) is 11.5 Å². The summed E-state index contributed by atoms with van der Waals surface area (Å²) in [5, 5.41) is 9.03. The summed E-state index contributed by atoms with van der Waals surface area (Å²) in [7, 11) is -3.64. The van der Waals surface area contributed by atoms with Crippen molar-refractivity contribution in [2.45, 2.75) is 13.5 Å². The van der Waals surface area contributed by atoms with Crippen LogP contribution in [0.5, 0.6) is 0 Å². The molecule has 6 nitrogen and oxygen atoms in total. The van der Waals surface area contributed by atoms with Gasteiger partial charge in [0.2, 0.25) is 0 Å². The summed E-state index contributed by atoms with van der Waals surface area (Å²) < 4.78 is 28.0. The van der Waals surface area contributed by atoms with E-state index in [1.807, 2.05) is 30.3 Å². The molecule has 0 aliphatic carbocycles. The summed E-state index contributed by atoms with van der Waals surface area (Å²) in [6, 6.07) is 9.19. The van der Waals surface area contributed by atoms with Gasteiger partial charge in [-0.2, -0.15) is 17.4 Å². The van der Waals surface area contributed by atoms with Crippen LogP contribution < -0.4 is 4.72 Å². The molecule has 1 aliphatic heterocycles. The zero-order valence-corrected chi connectivity index (χ0v) is 12.0. The third-order valence-corrected chi connectivity index (χ3v) is 5.02. The molecule has 1 heterocycles. The minimum absolute atomic E-state index is 0.0284. The van der Waals surface area contributed by atoms with Gasteiger partial charge in [-0.25, -0.2) is 0 Å². The van der Waals surface area contributed by atoms with Crippen LogP contribution in [0.15, 0.2) is 30.3 Å². The van der Waals surface area contributed by atoms with Gasteiger partial charge in [-0.1, -0.05) is 37.3 Å². The van der Waals surface area contributed by atoms with Gasteiger partial charge >= 0.3 is 5.97 Å². The maximum absolute atomic E-state index is 12.1. The van der Waals surface area contributed by atoms with Crippen LogP contribution in [-0.4, -0.2) is 36.9 Å². The SMILES string of the molecule is C[C@@H]1CN(S(=O)(=O)NCc2ccccc2)C[C@H]1C(=O)O. The molecule has 2 atom stereocenters. The van der Waals surface area contributed by atoms with E-state index in [0.717, 1.165) is 5.56 Å². The Bertz CT molecular complexity index is 573. The average molecular weight is 298 g/mol. The van der Waals surface area contributed by atoms with Crippen molar-refractivity contribution in [1.29, 1.82) is 0 Å². The highest BCUT2D eigenvalue weighted by Crippen LogP contribution is 2.25. The van der Waals surface area contributed by atoms with Crippen LogP contribution in [0.3, 0.4) is 0 Å². The second kappa shape index (κ2) is 5.90. The van der Waals surface area contributed by atoms with Crippen molar-refractivity contribution in [3.05, 3.63) is 35.9 Å². The minimum atomic E-state index is -3.64. The number of nitrogens with one attached hydrogen (secondary N) is 1. The molecule has 2 N–H and O–H groups in total. The highest BCUT2D eigenvalue weighted by Gasteiger charge is 2.39. The first-order valence-electron chi connectivity index (χ1n) is 6.41. The molecule has 1 fully saturated rings. The molecule has 0 radical (unpaired) electrons. The van der Waals surface area contributed by atoms with E-state index < -0.39 is 22.1 Å². The molecule has 110 valence electrons. The van der Waals surface area contributed by atoms with Crippen molar-refractivity contribution in [3.63, 3.8) is 0 Å². The first-order chi connectivity index (χ1) is 9.40. The second-order valence-corrected chi connectivity index (χ2v) is 6.81. The fourth-order valence-electron chi connectivity index (χ4n) is 2.30. The molecule has 1 aromatic carbocycles. The fourth-order valence-corrected chi connectivity index (χ4v) is 3.62. The number of aliphatic carboxylic acids is 1. The number of carboxylic acid groups (broad SMARTS) is 1. The Morgan fingerprint density at radius 3 is 2.55 bits per heavy atom. The maximum atomic E-state index is 12.1. The zero-order chi connectivity index (χ0) is 14.8. The highest BCUT2D eigenvalue weighted by molar-refractivity contribution is 7.87. The maximum Gasteiger partial charge on any atom is 0.308 e. The Morgan fingerprint density at radius 2 is 2.00 bits per heavy atom. The highest BCUT2D eigenvalue weighted by atomic mass is 32.2. The van der Waals surface area contributed by atoms with E-state index in [9.17, 15) is 13.2 Å². The molecule has 2 rings (SSSR count). The third kappa shape index (κ3) is 3.36. The molecule has 0 aromatic heterocycles. The van der Waals surface area contributed by atoms with Gasteiger partial charge in [0.25, 0.3) is 10.2 Å². The molecule has 0 unspecified atom stereocenters. The molecule has 1 aliphatic rings. The molecule has 20 heavy (non-hydrogen) atoms. The molecule has 0 amide bonds. The lowest BCUT2D eigenvalue weighted by atomic mass is 9.99. The van der Waals surface area contributed by atoms with Crippen molar-refractivity contribution in [1.82, 2.24) is 9.03 Å². The van der Waals surface area contributed by atoms with Gasteiger partial charge in [-0.15, -0.1) is 0 Å². The molecule has 0 spiro atoms. The van der Waals surface area contributed by atoms with E-state index in [2.05, 4.69) is 4.72 Å². The van der Waals surface area contributed by atoms with Crippen LogP contribution in [0, 0.1) is 11.8 Å². The molecular formula is C13H18N2O4S. The number of hydrogen-bond donors (Lipinski definition) is 2. The lowest BCUT2D eigenvalue weighted by Crippen LogP contribution is -2.39. The first-order valence-corrected chi connectivity index (χ1v) is 7.85. The van der Waals surface area contributed by atoms with Crippen molar-refractivity contribution in [2.75, 3.05) is 13.1 Å². The van der Waals surface area contributed by atoms with Crippen molar-refractivity contribution in [2.24, 2.45) is 11.8 Å². The number of carbonyl (C=O) groups is 1. The Hall–Kier alpha value is -1.44. The smallest absolute Gasteiger partial charge is 0.308 e. The molecule has 1 aromatic rings. The molecular weight excluding hydrogens is 280 g/mol. The summed E-state index contributed by atoms with van der Waals surface area (Å²) in [5.41, 5.74) is 0.859. The van der Waals surface area contributed by atoms with Gasteiger partial charge in [0.15, 0.2) is 0 Å². The van der Waals surface area contributed by atoms with E-state index in [-0.39, 0.29) is 25.6 Å². The van der Waals surface area contributed by atoms with Crippen LogP contribution in [0.25, 0.3) is 0 Å². The number of carboxylic acids is 1. The van der Waals surface area contributed by atoms with E-state index in [1.165, 1.54) is 4.31 Å². The number of hydrogen-bond acceptors (Lipinski definition) is 3. The molecule has 7 heteroatoms. The Labute approximate surface area is 118 Å². The van der Waals surface area contributed by atoms with Crippen LogP contribution in [0.2, 0.25) is 0 Å². The monoisotopic (exact) mass is 298 g/mol. The minimum Gasteiger partial charge on any atom is -0.481 e. The fraction of sp³-hybridized carbons (Fsp3) is 0.462. The van der Waals surface area contributed by atoms with Gasteiger partial charge < -0.3 is 5.11 Å². The summed E-state index contributed by atoms with van der Waals surface area (Å²) in [6.07, 6.45) is 0. The van der Waals surface area contributed by atoms with E-state index >= 15 is 0 Å². The summed E-state index contributed by atoms with van der Waals surface area (Å²) in [4.78, 5) is 11.0. The zero-order valence-electron chi connectivity index (χ0n) is 11.2. The largest absolute Gasteiger partial charge is 0.481 e. The predicted molar refractivity (Wildman–Crippen MR) is 74.1 cm³/mol. The molecule has 1 saturated heterocycles. The summed E-state index contributed by atoms with van der Waals surface area (Å²) in [5.74, 6) is -1.76. The first kappa shape index (κ1) is 15.0. The normalized spacial score (nSPS) is 23.9. The van der Waals surface area contributed by atoms with Crippen molar-refractivity contribution in [3.8, 4) is 0 Å². The standard InChI is InChI=1S/C13H18N2O4S/c1-10-8-15(9-12(10)13(16)17)20(18,19)14-7-11-5-3-2-4-6-11/h2-6,10,12,14H,7-9H2,1H3,(H,16,17)/t10-,12-/m1/s1. The molecule has 0 bridgehead atoms. The van der Waals surface area contributed by atoms with Crippen molar-refractivity contribution >= 4 is 16.2 Å². The van der Waals surface area contributed by atoms with E-state index in [4.69, 9.17) is 5.11 Å². The second-order valence-electron chi connectivity index (χ2n) is 5.05. The number of nitrogens with zero attached hydrogens (tertiary/aromatic N) is 1. The van der Waals surface area contributed by atoms with Crippen LogP contribution >= 0.6 is 0 Å². The van der Waals surface area contributed by atoms with Crippen LogP contribution in [0.4, 0.5) is 0 Å². The average Bonchev–Trinajstić information content (AvgIpc) is 2.81. The van der Waals surface area contributed by atoms with Crippen LogP contribution in [-0.2, 0) is 21.5 Å². The third-order valence-electron chi connectivity index (χ3n) is 3.54.